The molecule has 88 valence electrons. The van der Waals surface area contributed by atoms with Crippen LogP contribution in [0, 0.1) is 0 Å². The van der Waals surface area contributed by atoms with E-state index >= 15 is 0 Å². The number of halogens is 1. The SMILES string of the molecule is COCC(C)Oc1cccc(Br)c1C(=O)O. The fourth-order valence-electron chi connectivity index (χ4n) is 1.30. The molecule has 1 unspecified atom stereocenters. The fraction of sp³-hybridized carbons (Fsp3) is 0.364. The lowest BCUT2D eigenvalue weighted by molar-refractivity contribution is 0.0672. The van der Waals surface area contributed by atoms with E-state index in [0.29, 0.717) is 16.8 Å². The number of hydrogen-bond acceptors (Lipinski definition) is 3. The number of carboxylic acid groups (broad SMARTS) is 1. The van der Waals surface area contributed by atoms with E-state index in [1.807, 2.05) is 6.92 Å². The third kappa shape index (κ3) is 3.21. The van der Waals surface area contributed by atoms with Crippen LogP contribution >= 0.6 is 15.9 Å². The van der Waals surface area contributed by atoms with Crippen LogP contribution in [0.25, 0.3) is 0 Å². The molecule has 0 aliphatic heterocycles. The Bertz CT molecular complexity index is 378. The maximum atomic E-state index is 11.0. The van der Waals surface area contributed by atoms with Crippen LogP contribution in [0.3, 0.4) is 0 Å². The molecular formula is C11H13BrO4. The van der Waals surface area contributed by atoms with E-state index in [-0.39, 0.29) is 11.7 Å². The van der Waals surface area contributed by atoms with E-state index in [4.69, 9.17) is 14.6 Å². The van der Waals surface area contributed by atoms with Crippen LogP contribution in [-0.2, 0) is 4.74 Å². The summed E-state index contributed by atoms with van der Waals surface area (Å²) in [5.41, 5.74) is 0.130. The molecule has 1 N–H and O–H groups in total. The van der Waals surface area contributed by atoms with Crippen LogP contribution < -0.4 is 4.74 Å². The zero-order valence-electron chi connectivity index (χ0n) is 9.07. The molecule has 0 spiro atoms. The standard InChI is InChI=1S/C11H13BrO4/c1-7(6-15-2)16-9-5-3-4-8(12)10(9)11(13)14/h3-5,7H,6H2,1-2H3,(H,13,14). The largest absolute Gasteiger partial charge is 0.487 e. The second kappa shape index (κ2) is 5.86. The minimum absolute atomic E-state index is 0.130. The molecule has 0 aromatic heterocycles. The first-order chi connectivity index (χ1) is 7.56. The van der Waals surface area contributed by atoms with Gasteiger partial charge in [-0.1, -0.05) is 6.07 Å². The van der Waals surface area contributed by atoms with Crippen LogP contribution in [-0.4, -0.2) is 30.9 Å². The Balaban J connectivity index is 2.95. The number of carbonyl (C=O) groups is 1. The Kier molecular flexibility index (Phi) is 4.76. The first-order valence-electron chi connectivity index (χ1n) is 4.73. The third-order valence-electron chi connectivity index (χ3n) is 1.92. The average Bonchev–Trinajstić information content (AvgIpc) is 2.17. The van der Waals surface area contributed by atoms with Gasteiger partial charge in [-0.3, -0.25) is 0 Å². The van der Waals surface area contributed by atoms with Crippen molar-refractivity contribution in [3.8, 4) is 5.75 Å². The van der Waals surface area contributed by atoms with Gasteiger partial charge in [0.15, 0.2) is 0 Å². The number of rotatable bonds is 5. The second-order valence-corrected chi connectivity index (χ2v) is 4.16. The van der Waals surface area contributed by atoms with Crippen LogP contribution in [0.2, 0.25) is 0 Å². The number of ether oxygens (including phenoxy) is 2. The molecule has 1 aromatic rings. The molecule has 4 nitrogen and oxygen atoms in total. The Morgan fingerprint density at radius 2 is 2.25 bits per heavy atom. The summed E-state index contributed by atoms with van der Waals surface area (Å²) in [6.45, 7) is 2.22. The van der Waals surface area contributed by atoms with Crippen molar-refractivity contribution < 1.29 is 19.4 Å². The molecule has 0 saturated carbocycles. The maximum absolute atomic E-state index is 11.0. The highest BCUT2D eigenvalue weighted by Gasteiger charge is 2.16. The first kappa shape index (κ1) is 13.0. The number of methoxy groups -OCH3 is 1. The number of aromatic carboxylic acids is 1. The molecule has 0 amide bonds. The van der Waals surface area contributed by atoms with E-state index in [9.17, 15) is 4.79 Å². The molecule has 16 heavy (non-hydrogen) atoms. The highest BCUT2D eigenvalue weighted by molar-refractivity contribution is 9.10. The van der Waals surface area contributed by atoms with Crippen molar-refractivity contribution in [2.45, 2.75) is 13.0 Å². The zero-order chi connectivity index (χ0) is 12.1. The molecule has 0 radical (unpaired) electrons. The van der Waals surface area contributed by atoms with Crippen molar-refractivity contribution in [3.63, 3.8) is 0 Å². The van der Waals surface area contributed by atoms with Crippen molar-refractivity contribution in [1.82, 2.24) is 0 Å². The zero-order valence-corrected chi connectivity index (χ0v) is 10.7. The van der Waals surface area contributed by atoms with Gasteiger partial charge < -0.3 is 14.6 Å². The summed E-state index contributed by atoms with van der Waals surface area (Å²) < 4.78 is 10.9. The second-order valence-electron chi connectivity index (χ2n) is 3.30. The molecule has 1 rings (SSSR count). The van der Waals surface area contributed by atoms with Crippen molar-refractivity contribution in [2.24, 2.45) is 0 Å². The first-order valence-corrected chi connectivity index (χ1v) is 5.53. The van der Waals surface area contributed by atoms with Gasteiger partial charge in [0.05, 0.1) is 6.61 Å². The van der Waals surface area contributed by atoms with Crippen molar-refractivity contribution in [1.29, 1.82) is 0 Å². The lowest BCUT2D eigenvalue weighted by Gasteiger charge is -2.15. The van der Waals surface area contributed by atoms with Crippen LogP contribution in [0.15, 0.2) is 22.7 Å². The topological polar surface area (TPSA) is 55.8 Å². The normalized spacial score (nSPS) is 12.2. The van der Waals surface area contributed by atoms with Crippen molar-refractivity contribution in [3.05, 3.63) is 28.2 Å². The molecule has 5 heteroatoms. The Morgan fingerprint density at radius 3 is 2.81 bits per heavy atom. The molecule has 0 fully saturated rings. The quantitative estimate of drug-likeness (QED) is 0.905. The Hall–Kier alpha value is -1.07. The maximum Gasteiger partial charge on any atom is 0.340 e. The summed E-state index contributed by atoms with van der Waals surface area (Å²) in [5.74, 6) is -0.682. The van der Waals surface area contributed by atoms with Gasteiger partial charge in [0.25, 0.3) is 0 Å². The smallest absolute Gasteiger partial charge is 0.340 e. The lowest BCUT2D eigenvalue weighted by Crippen LogP contribution is -2.19. The van der Waals surface area contributed by atoms with Gasteiger partial charge in [0, 0.05) is 11.6 Å². The predicted octanol–water partition coefficient (Wildman–Crippen LogP) is 2.56. The molecule has 0 aliphatic carbocycles. The molecule has 0 heterocycles. The minimum Gasteiger partial charge on any atom is -0.487 e. The highest BCUT2D eigenvalue weighted by Crippen LogP contribution is 2.27. The van der Waals surface area contributed by atoms with Crippen LogP contribution in [0.4, 0.5) is 0 Å². The van der Waals surface area contributed by atoms with E-state index in [1.54, 1.807) is 25.3 Å². The Labute approximate surface area is 102 Å². The number of benzene rings is 1. The molecule has 1 atom stereocenters. The molecular weight excluding hydrogens is 276 g/mol. The third-order valence-corrected chi connectivity index (χ3v) is 2.58. The number of hydrogen-bond donors (Lipinski definition) is 1. The summed E-state index contributed by atoms with van der Waals surface area (Å²) in [6.07, 6.45) is -0.197. The summed E-state index contributed by atoms with van der Waals surface area (Å²) in [4.78, 5) is 11.0. The average molecular weight is 289 g/mol. The van der Waals surface area contributed by atoms with Crippen molar-refractivity contribution >= 4 is 21.9 Å². The van der Waals surface area contributed by atoms with Gasteiger partial charge in [-0.15, -0.1) is 0 Å². The van der Waals surface area contributed by atoms with E-state index in [1.165, 1.54) is 0 Å². The van der Waals surface area contributed by atoms with Crippen LogP contribution in [0.1, 0.15) is 17.3 Å². The van der Waals surface area contributed by atoms with E-state index < -0.39 is 5.97 Å². The summed E-state index contributed by atoms with van der Waals surface area (Å²) in [7, 11) is 1.57. The predicted molar refractivity (Wildman–Crippen MR) is 63.1 cm³/mol. The van der Waals surface area contributed by atoms with E-state index in [0.717, 1.165) is 0 Å². The summed E-state index contributed by atoms with van der Waals surface area (Å²) >= 11 is 3.18. The highest BCUT2D eigenvalue weighted by atomic mass is 79.9. The number of carboxylic acids is 1. The summed E-state index contributed by atoms with van der Waals surface area (Å²) in [5, 5.41) is 9.05. The van der Waals surface area contributed by atoms with Gasteiger partial charge in [0.2, 0.25) is 0 Å². The van der Waals surface area contributed by atoms with Crippen LogP contribution in [0.5, 0.6) is 5.75 Å². The van der Waals surface area contributed by atoms with Crippen molar-refractivity contribution in [2.75, 3.05) is 13.7 Å². The van der Waals surface area contributed by atoms with E-state index in [2.05, 4.69) is 15.9 Å². The molecule has 0 saturated heterocycles. The molecule has 1 aromatic carbocycles. The van der Waals surface area contributed by atoms with Gasteiger partial charge in [-0.2, -0.15) is 0 Å². The fourth-order valence-corrected chi connectivity index (χ4v) is 1.81. The van der Waals surface area contributed by atoms with Gasteiger partial charge >= 0.3 is 5.97 Å². The van der Waals surface area contributed by atoms with Gasteiger partial charge in [0.1, 0.15) is 17.4 Å². The van der Waals surface area contributed by atoms with Gasteiger partial charge in [-0.05, 0) is 35.0 Å². The Morgan fingerprint density at radius 1 is 1.56 bits per heavy atom. The molecule has 0 aliphatic rings. The lowest BCUT2D eigenvalue weighted by atomic mass is 10.2. The molecule has 0 bridgehead atoms. The monoisotopic (exact) mass is 288 g/mol. The van der Waals surface area contributed by atoms with Gasteiger partial charge in [-0.25, -0.2) is 4.79 Å². The summed E-state index contributed by atoms with van der Waals surface area (Å²) in [6, 6.07) is 5.02. The minimum atomic E-state index is -1.02.